The third-order valence-electron chi connectivity index (χ3n) is 4.78. The van der Waals surface area contributed by atoms with Crippen molar-refractivity contribution in [1.29, 1.82) is 0 Å². The summed E-state index contributed by atoms with van der Waals surface area (Å²) in [5, 5.41) is 13.1. The Hall–Kier alpha value is -2.30. The summed E-state index contributed by atoms with van der Waals surface area (Å²) in [6.45, 7) is 0.553. The fraction of sp³-hybridized carbons (Fsp3) is 0.444. The van der Waals surface area contributed by atoms with E-state index in [-0.39, 0.29) is 6.03 Å². The molecule has 0 spiro atoms. The highest BCUT2D eigenvalue weighted by Crippen LogP contribution is 2.44. The molecule has 1 aromatic heterocycles. The molecule has 2 aromatic rings. The van der Waals surface area contributed by atoms with Crippen LogP contribution in [0.3, 0.4) is 0 Å². The van der Waals surface area contributed by atoms with Crippen molar-refractivity contribution >= 4 is 6.03 Å². The first-order chi connectivity index (χ1) is 11.3. The van der Waals surface area contributed by atoms with Gasteiger partial charge in [0.2, 0.25) is 0 Å². The lowest BCUT2D eigenvalue weighted by atomic mass is 10.1. The summed E-state index contributed by atoms with van der Waals surface area (Å²) in [6.07, 6.45) is 6.84. The van der Waals surface area contributed by atoms with Crippen LogP contribution in [0, 0.1) is 11.8 Å². The molecule has 0 atom stereocenters. The molecule has 0 aliphatic heterocycles. The Bertz CT molecular complexity index is 645. The summed E-state index contributed by atoms with van der Waals surface area (Å²) in [4.78, 5) is 12.1. The number of rotatable bonds is 6. The van der Waals surface area contributed by atoms with E-state index in [1.165, 1.54) is 25.7 Å². The van der Waals surface area contributed by atoms with Crippen LogP contribution in [0.15, 0.2) is 36.5 Å². The van der Waals surface area contributed by atoms with Crippen molar-refractivity contribution in [3.63, 3.8) is 0 Å². The molecule has 2 saturated carbocycles. The highest BCUT2D eigenvalue weighted by Gasteiger charge is 2.42. The molecule has 5 heteroatoms. The Balaban J connectivity index is 1.29. The Morgan fingerprint density at radius 2 is 1.83 bits per heavy atom. The molecule has 2 aliphatic rings. The van der Waals surface area contributed by atoms with E-state index in [4.69, 9.17) is 0 Å². The molecular weight excluding hydrogens is 288 g/mol. The lowest BCUT2D eigenvalue weighted by Crippen LogP contribution is -2.44. The predicted molar refractivity (Wildman–Crippen MR) is 88.6 cm³/mol. The average Bonchev–Trinajstić information content (AvgIpc) is 3.51. The van der Waals surface area contributed by atoms with Crippen LogP contribution in [0.4, 0.5) is 4.79 Å². The highest BCUT2D eigenvalue weighted by atomic mass is 16.2. The number of carbonyl (C=O) groups is 1. The van der Waals surface area contributed by atoms with Crippen LogP contribution in [-0.4, -0.2) is 22.3 Å². The number of hydrogen-bond donors (Lipinski definition) is 3. The molecule has 0 unspecified atom stereocenters. The monoisotopic (exact) mass is 310 g/mol. The Morgan fingerprint density at radius 1 is 1.13 bits per heavy atom. The van der Waals surface area contributed by atoms with E-state index >= 15 is 0 Å². The zero-order valence-corrected chi connectivity index (χ0v) is 13.1. The summed E-state index contributed by atoms with van der Waals surface area (Å²) in [5.41, 5.74) is 3.19. The van der Waals surface area contributed by atoms with Gasteiger partial charge in [0.1, 0.15) is 0 Å². The SMILES string of the molecule is O=C(NCc1ccc(-c2ccn[nH]2)cc1)NC(C1CC1)C1CC1. The summed E-state index contributed by atoms with van der Waals surface area (Å²) in [6, 6.07) is 10.5. The topological polar surface area (TPSA) is 69.8 Å². The quantitative estimate of drug-likeness (QED) is 0.767. The zero-order valence-electron chi connectivity index (χ0n) is 13.1. The number of aromatic amines is 1. The van der Waals surface area contributed by atoms with Crippen LogP contribution in [-0.2, 0) is 6.54 Å². The van der Waals surface area contributed by atoms with Crippen molar-refractivity contribution in [2.24, 2.45) is 11.8 Å². The van der Waals surface area contributed by atoms with Gasteiger partial charge in [0.25, 0.3) is 0 Å². The third-order valence-corrected chi connectivity index (χ3v) is 4.78. The summed E-state index contributed by atoms with van der Waals surface area (Å²) < 4.78 is 0. The van der Waals surface area contributed by atoms with Gasteiger partial charge < -0.3 is 10.6 Å². The number of nitrogens with zero attached hydrogens (tertiary/aromatic N) is 1. The number of hydrogen-bond acceptors (Lipinski definition) is 2. The van der Waals surface area contributed by atoms with Gasteiger partial charge in [-0.05, 0) is 54.7 Å². The molecule has 5 nitrogen and oxygen atoms in total. The number of carbonyl (C=O) groups excluding carboxylic acids is 1. The minimum atomic E-state index is -0.0357. The van der Waals surface area contributed by atoms with E-state index < -0.39 is 0 Å². The molecule has 0 bridgehead atoms. The van der Waals surface area contributed by atoms with E-state index in [0.29, 0.717) is 12.6 Å². The van der Waals surface area contributed by atoms with Gasteiger partial charge in [-0.3, -0.25) is 5.10 Å². The van der Waals surface area contributed by atoms with Crippen molar-refractivity contribution in [3.05, 3.63) is 42.1 Å². The molecule has 4 rings (SSSR count). The number of nitrogens with one attached hydrogen (secondary N) is 3. The van der Waals surface area contributed by atoms with E-state index in [2.05, 4.69) is 20.8 Å². The van der Waals surface area contributed by atoms with Gasteiger partial charge in [0.15, 0.2) is 0 Å². The Kier molecular flexibility index (Phi) is 3.77. The third kappa shape index (κ3) is 3.55. The van der Waals surface area contributed by atoms with Crippen molar-refractivity contribution in [2.45, 2.75) is 38.3 Å². The predicted octanol–water partition coefficient (Wildman–Crippen LogP) is 3.06. The highest BCUT2D eigenvalue weighted by molar-refractivity contribution is 5.74. The van der Waals surface area contributed by atoms with Crippen LogP contribution in [0.1, 0.15) is 31.2 Å². The van der Waals surface area contributed by atoms with Crippen LogP contribution in [0.5, 0.6) is 0 Å². The van der Waals surface area contributed by atoms with Gasteiger partial charge in [-0.25, -0.2) is 4.79 Å². The molecule has 0 saturated heterocycles. The molecule has 0 radical (unpaired) electrons. The van der Waals surface area contributed by atoms with Gasteiger partial charge in [0.05, 0.1) is 5.69 Å². The van der Waals surface area contributed by atoms with Crippen molar-refractivity contribution in [2.75, 3.05) is 0 Å². The second kappa shape index (κ2) is 6.07. The molecule has 2 fully saturated rings. The van der Waals surface area contributed by atoms with Crippen LogP contribution in [0.25, 0.3) is 11.3 Å². The lowest BCUT2D eigenvalue weighted by molar-refractivity contribution is 0.233. The number of benzene rings is 1. The fourth-order valence-electron chi connectivity index (χ4n) is 3.13. The second-order valence-electron chi connectivity index (χ2n) is 6.69. The molecule has 120 valence electrons. The van der Waals surface area contributed by atoms with Gasteiger partial charge in [0, 0.05) is 18.8 Å². The van der Waals surface area contributed by atoms with Crippen molar-refractivity contribution in [1.82, 2.24) is 20.8 Å². The first kappa shape index (κ1) is 14.3. The standard InChI is InChI=1S/C18H22N4O/c23-18(21-17(14-5-6-14)15-7-8-15)19-11-12-1-3-13(4-2-12)16-9-10-20-22-16/h1-4,9-10,14-15,17H,5-8,11H2,(H,20,22)(H2,19,21,23). The zero-order chi connectivity index (χ0) is 15.6. The Labute approximate surface area is 135 Å². The number of aromatic nitrogens is 2. The minimum Gasteiger partial charge on any atom is -0.335 e. The van der Waals surface area contributed by atoms with E-state index in [1.807, 2.05) is 30.3 Å². The summed E-state index contributed by atoms with van der Waals surface area (Å²) in [5.74, 6) is 1.45. The molecule has 2 amide bonds. The molecular formula is C18H22N4O. The molecule has 2 aliphatic carbocycles. The van der Waals surface area contributed by atoms with Crippen LogP contribution in [0.2, 0.25) is 0 Å². The smallest absolute Gasteiger partial charge is 0.315 e. The number of urea groups is 1. The average molecular weight is 310 g/mol. The van der Waals surface area contributed by atoms with Gasteiger partial charge in [-0.1, -0.05) is 24.3 Å². The normalized spacial score (nSPS) is 17.3. The number of amides is 2. The van der Waals surface area contributed by atoms with Crippen molar-refractivity contribution in [3.8, 4) is 11.3 Å². The van der Waals surface area contributed by atoms with Crippen molar-refractivity contribution < 1.29 is 4.79 Å². The summed E-state index contributed by atoms with van der Waals surface area (Å²) in [7, 11) is 0. The molecule has 23 heavy (non-hydrogen) atoms. The van der Waals surface area contributed by atoms with Gasteiger partial charge in [-0.15, -0.1) is 0 Å². The van der Waals surface area contributed by atoms with E-state index in [0.717, 1.165) is 28.7 Å². The van der Waals surface area contributed by atoms with Gasteiger partial charge in [-0.2, -0.15) is 5.10 Å². The first-order valence-corrected chi connectivity index (χ1v) is 8.42. The van der Waals surface area contributed by atoms with E-state index in [1.54, 1.807) is 6.20 Å². The lowest BCUT2D eigenvalue weighted by Gasteiger charge is -2.18. The molecule has 1 aromatic carbocycles. The number of H-pyrrole nitrogens is 1. The maximum atomic E-state index is 12.1. The summed E-state index contributed by atoms with van der Waals surface area (Å²) >= 11 is 0. The molecule has 3 N–H and O–H groups in total. The van der Waals surface area contributed by atoms with E-state index in [9.17, 15) is 4.79 Å². The Morgan fingerprint density at radius 3 is 2.39 bits per heavy atom. The largest absolute Gasteiger partial charge is 0.335 e. The fourth-order valence-corrected chi connectivity index (χ4v) is 3.13. The maximum absolute atomic E-state index is 12.1. The second-order valence-corrected chi connectivity index (χ2v) is 6.69. The first-order valence-electron chi connectivity index (χ1n) is 8.42. The van der Waals surface area contributed by atoms with Gasteiger partial charge >= 0.3 is 6.03 Å². The minimum absolute atomic E-state index is 0.0357. The van der Waals surface area contributed by atoms with Crippen LogP contribution < -0.4 is 10.6 Å². The van der Waals surface area contributed by atoms with Crippen LogP contribution >= 0.6 is 0 Å². The maximum Gasteiger partial charge on any atom is 0.315 e. The molecule has 1 heterocycles.